The monoisotopic (exact) mass is 309 g/mol. The van der Waals surface area contributed by atoms with Crippen LogP contribution in [-0.2, 0) is 0 Å². The Bertz CT molecular complexity index is 893. The van der Waals surface area contributed by atoms with Gasteiger partial charge in [0.1, 0.15) is 22.8 Å². The normalized spacial score (nSPS) is 12.8. The number of nitrogens with one attached hydrogen (secondary N) is 2. The minimum absolute atomic E-state index is 0.0883. The lowest BCUT2D eigenvalue weighted by atomic mass is 10.2. The molecule has 2 N–H and O–H groups in total. The minimum atomic E-state index is 0.0883. The van der Waals surface area contributed by atoms with E-state index in [-0.39, 0.29) is 6.04 Å². The van der Waals surface area contributed by atoms with Gasteiger partial charge in [0, 0.05) is 0 Å². The second kappa shape index (κ2) is 5.38. The average Bonchev–Trinajstić information content (AvgIpc) is 3.18. The Hall–Kier alpha value is -2.47. The molecule has 3 heterocycles. The van der Waals surface area contributed by atoms with E-state index < -0.39 is 0 Å². The smallest absolute Gasteiger partial charge is 0.138 e. The second-order valence-corrected chi connectivity index (χ2v) is 6.00. The molecule has 1 unspecified atom stereocenters. The van der Waals surface area contributed by atoms with Crippen LogP contribution in [-0.4, -0.2) is 19.9 Å². The van der Waals surface area contributed by atoms with E-state index in [2.05, 4.69) is 32.2 Å². The average molecular weight is 309 g/mol. The van der Waals surface area contributed by atoms with Crippen molar-refractivity contribution < 1.29 is 0 Å². The molecule has 4 rings (SSSR count). The lowest BCUT2D eigenvalue weighted by molar-refractivity contribution is 0.704. The molecular formula is C16H15N5S. The zero-order chi connectivity index (χ0) is 14.9. The predicted molar refractivity (Wildman–Crippen MR) is 90.2 cm³/mol. The summed E-state index contributed by atoms with van der Waals surface area (Å²) in [7, 11) is 0. The van der Waals surface area contributed by atoms with E-state index >= 15 is 0 Å². The van der Waals surface area contributed by atoms with E-state index in [0.29, 0.717) is 0 Å². The largest absolute Gasteiger partial charge is 0.359 e. The van der Waals surface area contributed by atoms with Crippen LogP contribution in [0.4, 0.5) is 5.82 Å². The van der Waals surface area contributed by atoms with Gasteiger partial charge in [0.25, 0.3) is 0 Å². The predicted octanol–water partition coefficient (Wildman–Crippen LogP) is 4.13. The van der Waals surface area contributed by atoms with Gasteiger partial charge >= 0.3 is 0 Å². The third kappa shape index (κ3) is 2.21. The maximum atomic E-state index is 4.69. The molecule has 0 fully saturated rings. The Morgan fingerprint density at radius 3 is 3.00 bits per heavy atom. The Morgan fingerprint density at radius 2 is 2.14 bits per heavy atom. The van der Waals surface area contributed by atoms with Gasteiger partial charge in [0.05, 0.1) is 22.5 Å². The molecule has 0 aliphatic heterocycles. The van der Waals surface area contributed by atoms with Crippen molar-refractivity contribution in [3.05, 3.63) is 47.9 Å². The van der Waals surface area contributed by atoms with E-state index in [1.165, 1.54) is 0 Å². The van der Waals surface area contributed by atoms with Crippen molar-refractivity contribution in [2.75, 3.05) is 5.32 Å². The van der Waals surface area contributed by atoms with Crippen molar-refractivity contribution in [1.29, 1.82) is 0 Å². The number of imidazole rings is 1. The van der Waals surface area contributed by atoms with Gasteiger partial charge in [-0.15, -0.1) is 11.3 Å². The Morgan fingerprint density at radius 1 is 1.23 bits per heavy atom. The quantitative estimate of drug-likeness (QED) is 0.595. The molecule has 0 aliphatic rings. The molecule has 4 aromatic rings. The molecule has 1 atom stereocenters. The summed E-state index contributed by atoms with van der Waals surface area (Å²) in [6, 6.07) is 10.2. The van der Waals surface area contributed by atoms with E-state index in [1.54, 1.807) is 17.7 Å². The molecule has 22 heavy (non-hydrogen) atoms. The molecule has 6 heteroatoms. The number of fused-ring (bicyclic) bond motifs is 2. The molecule has 0 saturated carbocycles. The van der Waals surface area contributed by atoms with Crippen LogP contribution in [0, 0.1) is 0 Å². The first-order valence-electron chi connectivity index (χ1n) is 7.24. The van der Waals surface area contributed by atoms with Gasteiger partial charge in [-0.1, -0.05) is 19.1 Å². The van der Waals surface area contributed by atoms with Gasteiger partial charge in [-0.3, -0.25) is 0 Å². The van der Waals surface area contributed by atoms with Gasteiger partial charge in [-0.25, -0.2) is 15.0 Å². The van der Waals surface area contributed by atoms with Crippen LogP contribution in [0.5, 0.6) is 0 Å². The molecule has 110 valence electrons. The number of para-hydroxylation sites is 2. The van der Waals surface area contributed by atoms with Gasteiger partial charge < -0.3 is 10.3 Å². The van der Waals surface area contributed by atoms with Crippen LogP contribution < -0.4 is 5.32 Å². The summed E-state index contributed by atoms with van der Waals surface area (Å²) < 4.78 is 0. The van der Waals surface area contributed by atoms with Crippen molar-refractivity contribution in [1.82, 2.24) is 19.9 Å². The lowest BCUT2D eigenvalue weighted by Gasteiger charge is -2.15. The SMILES string of the molecule is CCC(Nc1ncnc2sccc12)c1nc2ccccc2[nH]1. The van der Waals surface area contributed by atoms with Crippen molar-refractivity contribution in [3.8, 4) is 0 Å². The highest BCUT2D eigenvalue weighted by Crippen LogP contribution is 2.28. The fourth-order valence-corrected chi connectivity index (χ4v) is 3.30. The maximum absolute atomic E-state index is 4.69. The number of hydrogen-bond donors (Lipinski definition) is 2. The Balaban J connectivity index is 1.71. The van der Waals surface area contributed by atoms with Crippen LogP contribution >= 0.6 is 11.3 Å². The van der Waals surface area contributed by atoms with E-state index in [0.717, 1.165) is 39.3 Å². The molecular weight excluding hydrogens is 294 g/mol. The van der Waals surface area contributed by atoms with Crippen molar-refractivity contribution >= 4 is 38.4 Å². The van der Waals surface area contributed by atoms with Crippen LogP contribution in [0.25, 0.3) is 21.3 Å². The number of thiophene rings is 1. The zero-order valence-corrected chi connectivity index (χ0v) is 12.9. The van der Waals surface area contributed by atoms with Crippen molar-refractivity contribution in [2.45, 2.75) is 19.4 Å². The van der Waals surface area contributed by atoms with Crippen molar-refractivity contribution in [2.24, 2.45) is 0 Å². The standard InChI is InChI=1S/C16H15N5S/c1-2-11(15-20-12-5-3-4-6-13(12)21-15)19-14-10-7-8-22-16(10)18-9-17-14/h3-9,11H,2H2,1H3,(H,20,21)(H,17,18,19). The highest BCUT2D eigenvalue weighted by atomic mass is 32.1. The highest BCUT2D eigenvalue weighted by Gasteiger charge is 2.16. The summed E-state index contributed by atoms with van der Waals surface area (Å²) in [5.41, 5.74) is 2.04. The zero-order valence-electron chi connectivity index (χ0n) is 12.1. The molecule has 0 aliphatic carbocycles. The number of aromatic nitrogens is 4. The second-order valence-electron chi connectivity index (χ2n) is 5.11. The summed E-state index contributed by atoms with van der Waals surface area (Å²) in [6.07, 6.45) is 2.52. The Labute approximate surface area is 131 Å². The minimum Gasteiger partial charge on any atom is -0.359 e. The molecule has 3 aromatic heterocycles. The molecule has 5 nitrogen and oxygen atoms in total. The van der Waals surface area contributed by atoms with Crippen LogP contribution in [0.15, 0.2) is 42.0 Å². The number of nitrogens with zero attached hydrogens (tertiary/aromatic N) is 3. The summed E-state index contributed by atoms with van der Waals surface area (Å²) in [5, 5.41) is 6.59. The number of anilines is 1. The first-order valence-corrected chi connectivity index (χ1v) is 8.12. The molecule has 0 spiro atoms. The van der Waals surface area contributed by atoms with Gasteiger partial charge in [0.15, 0.2) is 0 Å². The third-order valence-electron chi connectivity index (χ3n) is 3.72. The molecule has 0 bridgehead atoms. The van der Waals surface area contributed by atoms with E-state index in [9.17, 15) is 0 Å². The third-order valence-corrected chi connectivity index (χ3v) is 4.54. The molecule has 1 aromatic carbocycles. The number of hydrogen-bond acceptors (Lipinski definition) is 5. The van der Waals surface area contributed by atoms with Crippen molar-refractivity contribution in [3.63, 3.8) is 0 Å². The van der Waals surface area contributed by atoms with Crippen LogP contribution in [0.2, 0.25) is 0 Å². The fourth-order valence-electron chi connectivity index (χ4n) is 2.57. The summed E-state index contributed by atoms with van der Waals surface area (Å²) >= 11 is 1.62. The maximum Gasteiger partial charge on any atom is 0.138 e. The summed E-state index contributed by atoms with van der Waals surface area (Å²) in [5.74, 6) is 1.80. The Kier molecular flexibility index (Phi) is 3.23. The molecule has 0 amide bonds. The summed E-state index contributed by atoms with van der Waals surface area (Å²) in [4.78, 5) is 17.8. The van der Waals surface area contributed by atoms with Gasteiger partial charge in [-0.05, 0) is 30.0 Å². The topological polar surface area (TPSA) is 66.5 Å². The fraction of sp³-hybridized carbons (Fsp3) is 0.188. The van der Waals surface area contributed by atoms with Crippen LogP contribution in [0.3, 0.4) is 0 Å². The highest BCUT2D eigenvalue weighted by molar-refractivity contribution is 7.16. The number of H-pyrrole nitrogens is 1. The first-order chi connectivity index (χ1) is 10.8. The van der Waals surface area contributed by atoms with Gasteiger partial charge in [-0.2, -0.15) is 0 Å². The number of benzene rings is 1. The number of rotatable bonds is 4. The van der Waals surface area contributed by atoms with Crippen LogP contribution in [0.1, 0.15) is 25.2 Å². The number of aromatic amines is 1. The summed E-state index contributed by atoms with van der Waals surface area (Å²) in [6.45, 7) is 2.14. The molecule has 0 saturated heterocycles. The van der Waals surface area contributed by atoms with E-state index in [1.807, 2.05) is 35.7 Å². The van der Waals surface area contributed by atoms with E-state index in [4.69, 9.17) is 0 Å². The first kappa shape index (κ1) is 13.2. The van der Waals surface area contributed by atoms with Gasteiger partial charge in [0.2, 0.25) is 0 Å². The molecule has 0 radical (unpaired) electrons. The lowest BCUT2D eigenvalue weighted by Crippen LogP contribution is -2.12.